The van der Waals surface area contributed by atoms with Gasteiger partial charge in [-0.1, -0.05) is 18.2 Å². The number of carboxylic acid groups (broad SMARTS) is 1. The molecule has 2 aliphatic heterocycles. The average Bonchev–Trinajstić information content (AvgIpc) is 3.36. The number of carbonyl (C=O) groups is 1. The van der Waals surface area contributed by atoms with Crippen molar-refractivity contribution in [3.63, 3.8) is 0 Å². The van der Waals surface area contributed by atoms with Crippen molar-refractivity contribution in [2.24, 2.45) is 5.92 Å². The summed E-state index contributed by atoms with van der Waals surface area (Å²) in [6, 6.07) is 13.2. The molecule has 9 heteroatoms. The maximum absolute atomic E-state index is 12.0. The van der Waals surface area contributed by atoms with E-state index in [4.69, 9.17) is 14.7 Å². The second kappa shape index (κ2) is 10.7. The van der Waals surface area contributed by atoms with Gasteiger partial charge in [0.1, 0.15) is 11.6 Å². The number of ether oxygens (including phenoxy) is 1. The second-order valence-electron chi connectivity index (χ2n) is 9.32. The number of hydrogen-bond donors (Lipinski definition) is 2. The molecule has 186 valence electrons. The SMILES string of the molecule is Cc1ccc2c(N3CCC[C@H](CN(C(=O)O)[C@@H]4CCOC4)C3)nc(-c3ccccc3O)nc2c1.Cl. The Balaban J connectivity index is 0.00000289. The molecular weight excluding hydrogens is 468 g/mol. The minimum atomic E-state index is -0.877. The fourth-order valence-corrected chi connectivity index (χ4v) is 5.08. The molecule has 2 saturated heterocycles. The van der Waals surface area contributed by atoms with Crippen LogP contribution in [0.5, 0.6) is 5.75 Å². The van der Waals surface area contributed by atoms with Crippen LogP contribution in [0.15, 0.2) is 42.5 Å². The number of halogens is 1. The molecule has 0 saturated carbocycles. The molecule has 8 nitrogen and oxygen atoms in total. The van der Waals surface area contributed by atoms with Gasteiger partial charge in [-0.3, -0.25) is 0 Å². The predicted molar refractivity (Wildman–Crippen MR) is 138 cm³/mol. The van der Waals surface area contributed by atoms with Crippen LogP contribution in [0.1, 0.15) is 24.8 Å². The summed E-state index contributed by atoms with van der Waals surface area (Å²) in [6.45, 7) is 5.18. The maximum atomic E-state index is 12.0. The molecule has 3 aromatic rings. The Bertz CT molecular complexity index is 1200. The number of phenolic OH excluding ortho intramolecular Hbond substituents is 1. The number of piperidine rings is 1. The second-order valence-corrected chi connectivity index (χ2v) is 9.32. The summed E-state index contributed by atoms with van der Waals surface area (Å²) in [5.41, 5.74) is 2.53. The molecule has 0 bridgehead atoms. The Kier molecular flexibility index (Phi) is 7.62. The fraction of sp³-hybridized carbons (Fsp3) is 0.423. The summed E-state index contributed by atoms with van der Waals surface area (Å²) in [7, 11) is 0. The monoisotopic (exact) mass is 498 g/mol. The van der Waals surface area contributed by atoms with E-state index in [9.17, 15) is 15.0 Å². The van der Waals surface area contributed by atoms with Gasteiger partial charge >= 0.3 is 6.09 Å². The molecule has 35 heavy (non-hydrogen) atoms. The van der Waals surface area contributed by atoms with E-state index in [2.05, 4.69) is 17.0 Å². The molecule has 0 aliphatic carbocycles. The largest absolute Gasteiger partial charge is 0.507 e. The number of aromatic nitrogens is 2. The van der Waals surface area contributed by atoms with E-state index in [0.717, 1.165) is 54.6 Å². The highest BCUT2D eigenvalue weighted by molar-refractivity contribution is 5.92. The molecule has 0 radical (unpaired) electrons. The highest BCUT2D eigenvalue weighted by atomic mass is 35.5. The van der Waals surface area contributed by atoms with Crippen LogP contribution >= 0.6 is 12.4 Å². The Hall–Kier alpha value is -3.10. The van der Waals surface area contributed by atoms with Crippen molar-refractivity contribution < 1.29 is 19.7 Å². The normalized spacial score (nSPS) is 20.0. The van der Waals surface area contributed by atoms with E-state index >= 15 is 0 Å². The van der Waals surface area contributed by atoms with Gasteiger partial charge in [-0.15, -0.1) is 12.4 Å². The van der Waals surface area contributed by atoms with Crippen molar-refractivity contribution in [2.45, 2.75) is 32.2 Å². The number of aryl methyl sites for hydroxylation is 1. The van der Waals surface area contributed by atoms with Gasteiger partial charge in [0.05, 0.1) is 23.7 Å². The predicted octanol–water partition coefficient (Wildman–Crippen LogP) is 4.72. The molecule has 5 rings (SSSR count). The topological polar surface area (TPSA) is 99.0 Å². The molecule has 0 spiro atoms. The Morgan fingerprint density at radius 3 is 2.77 bits per heavy atom. The number of nitrogens with zero attached hydrogens (tertiary/aromatic N) is 4. The lowest BCUT2D eigenvalue weighted by molar-refractivity contribution is 0.101. The van der Waals surface area contributed by atoms with Crippen LogP contribution in [0.3, 0.4) is 0 Å². The zero-order valence-corrected chi connectivity index (χ0v) is 20.6. The number of anilines is 1. The summed E-state index contributed by atoms with van der Waals surface area (Å²) < 4.78 is 5.44. The van der Waals surface area contributed by atoms with Crippen molar-refractivity contribution in [1.82, 2.24) is 14.9 Å². The molecule has 2 N–H and O–H groups in total. The number of para-hydroxylation sites is 1. The van der Waals surface area contributed by atoms with E-state index < -0.39 is 6.09 Å². The lowest BCUT2D eigenvalue weighted by Gasteiger charge is -2.37. The first-order chi connectivity index (χ1) is 16.5. The van der Waals surface area contributed by atoms with Crippen molar-refractivity contribution in [3.8, 4) is 17.1 Å². The van der Waals surface area contributed by atoms with Crippen molar-refractivity contribution in [1.29, 1.82) is 0 Å². The van der Waals surface area contributed by atoms with Crippen LogP contribution in [0.4, 0.5) is 10.6 Å². The van der Waals surface area contributed by atoms with Crippen molar-refractivity contribution in [3.05, 3.63) is 48.0 Å². The van der Waals surface area contributed by atoms with Crippen LogP contribution in [-0.4, -0.2) is 70.1 Å². The lowest BCUT2D eigenvalue weighted by Crippen LogP contribution is -2.47. The molecule has 2 atom stereocenters. The molecule has 3 heterocycles. The minimum absolute atomic E-state index is 0. The van der Waals surface area contributed by atoms with Crippen LogP contribution in [-0.2, 0) is 4.74 Å². The number of fused-ring (bicyclic) bond motifs is 1. The quantitative estimate of drug-likeness (QED) is 0.525. The molecule has 0 unspecified atom stereocenters. The van der Waals surface area contributed by atoms with Gasteiger partial charge < -0.3 is 24.7 Å². The van der Waals surface area contributed by atoms with Gasteiger partial charge in [0, 0.05) is 31.6 Å². The number of phenols is 1. The smallest absolute Gasteiger partial charge is 0.407 e. The molecular formula is C26H31ClN4O4. The Labute approximate surface area is 211 Å². The van der Waals surface area contributed by atoms with Gasteiger partial charge in [-0.25, -0.2) is 14.8 Å². The fourth-order valence-electron chi connectivity index (χ4n) is 5.08. The first-order valence-electron chi connectivity index (χ1n) is 11.9. The van der Waals surface area contributed by atoms with Gasteiger partial charge in [-0.2, -0.15) is 0 Å². The third-order valence-electron chi connectivity index (χ3n) is 6.84. The van der Waals surface area contributed by atoms with E-state index in [1.807, 2.05) is 25.1 Å². The number of hydrogen-bond acceptors (Lipinski definition) is 6. The molecule has 1 aromatic heterocycles. The number of benzene rings is 2. The van der Waals surface area contributed by atoms with Crippen LogP contribution < -0.4 is 4.90 Å². The molecule has 2 aromatic carbocycles. The summed E-state index contributed by atoms with van der Waals surface area (Å²) in [5, 5.41) is 21.2. The summed E-state index contributed by atoms with van der Waals surface area (Å²) in [4.78, 5) is 25.5. The summed E-state index contributed by atoms with van der Waals surface area (Å²) in [5.74, 6) is 1.67. The summed E-state index contributed by atoms with van der Waals surface area (Å²) in [6.07, 6.45) is 1.81. The average molecular weight is 499 g/mol. The molecule has 1 amide bonds. The first-order valence-corrected chi connectivity index (χ1v) is 11.9. The lowest BCUT2D eigenvalue weighted by atomic mass is 9.96. The number of aromatic hydroxyl groups is 1. The number of amides is 1. The van der Waals surface area contributed by atoms with Crippen molar-refractivity contribution >= 4 is 35.2 Å². The third kappa shape index (κ3) is 5.28. The van der Waals surface area contributed by atoms with Gasteiger partial charge in [0.25, 0.3) is 0 Å². The first kappa shape index (κ1) is 25.0. The van der Waals surface area contributed by atoms with Crippen LogP contribution in [0.25, 0.3) is 22.3 Å². The van der Waals surface area contributed by atoms with E-state index in [-0.39, 0.29) is 30.1 Å². The zero-order valence-electron chi connectivity index (χ0n) is 19.8. The molecule has 2 aliphatic rings. The van der Waals surface area contributed by atoms with Crippen LogP contribution in [0.2, 0.25) is 0 Å². The highest BCUT2D eigenvalue weighted by Gasteiger charge is 2.32. The van der Waals surface area contributed by atoms with Crippen molar-refractivity contribution in [2.75, 3.05) is 37.7 Å². The summed E-state index contributed by atoms with van der Waals surface area (Å²) >= 11 is 0. The van der Waals surface area contributed by atoms with E-state index in [1.165, 1.54) is 0 Å². The highest BCUT2D eigenvalue weighted by Crippen LogP contribution is 2.34. The minimum Gasteiger partial charge on any atom is -0.507 e. The Morgan fingerprint density at radius 1 is 1.20 bits per heavy atom. The molecule has 2 fully saturated rings. The van der Waals surface area contributed by atoms with Gasteiger partial charge in [0.2, 0.25) is 0 Å². The number of rotatable bonds is 5. The van der Waals surface area contributed by atoms with Crippen LogP contribution in [0, 0.1) is 12.8 Å². The van der Waals surface area contributed by atoms with E-state index in [0.29, 0.717) is 31.1 Å². The Morgan fingerprint density at radius 2 is 2.03 bits per heavy atom. The zero-order chi connectivity index (χ0) is 23.7. The third-order valence-corrected chi connectivity index (χ3v) is 6.84. The van der Waals surface area contributed by atoms with Gasteiger partial charge in [-0.05, 0) is 61.9 Å². The van der Waals surface area contributed by atoms with Gasteiger partial charge in [0.15, 0.2) is 5.82 Å². The maximum Gasteiger partial charge on any atom is 0.407 e. The van der Waals surface area contributed by atoms with E-state index in [1.54, 1.807) is 17.0 Å². The standard InChI is InChI=1S/C26H30N4O4.ClH/c1-17-8-9-20-22(13-17)27-24(21-6-2-3-7-23(21)31)28-25(20)29-11-4-5-18(14-29)15-30(26(32)33)19-10-12-34-16-19;/h2-3,6-9,13,18-19,31H,4-5,10-12,14-16H2,1H3,(H,32,33);1H/t18-,19+;/m0./s1.